The van der Waals surface area contributed by atoms with E-state index in [0.29, 0.717) is 15.7 Å². The molecule has 0 radical (unpaired) electrons. The summed E-state index contributed by atoms with van der Waals surface area (Å²) in [6.45, 7) is 4.38. The molecule has 1 aromatic carbocycles. The van der Waals surface area contributed by atoms with Crippen LogP contribution in [0.15, 0.2) is 18.2 Å². The van der Waals surface area contributed by atoms with Gasteiger partial charge >= 0.3 is 0 Å². The molecule has 6 nitrogen and oxygen atoms in total. The number of halogens is 2. The van der Waals surface area contributed by atoms with Crippen molar-refractivity contribution in [3.05, 3.63) is 28.2 Å². The van der Waals surface area contributed by atoms with E-state index in [0.717, 1.165) is 37.6 Å². The lowest BCUT2D eigenvalue weighted by Gasteiger charge is -2.31. The second-order valence-electron chi connectivity index (χ2n) is 6.30. The van der Waals surface area contributed by atoms with Crippen molar-refractivity contribution in [2.45, 2.75) is 12.5 Å². The number of hydrogen-bond donors (Lipinski definition) is 3. The first-order valence-corrected chi connectivity index (χ1v) is 8.87. The van der Waals surface area contributed by atoms with Gasteiger partial charge in [-0.15, -0.1) is 0 Å². The first-order chi connectivity index (χ1) is 11.5. The number of quaternary nitrogens is 2. The maximum Gasteiger partial charge on any atom is 0.292 e. The largest absolute Gasteiger partial charge is 0.391 e. The van der Waals surface area contributed by atoms with Crippen molar-refractivity contribution in [1.82, 2.24) is 0 Å². The molecule has 2 aliphatic rings. The minimum Gasteiger partial charge on any atom is -0.391 e. The van der Waals surface area contributed by atoms with Crippen LogP contribution in [0.5, 0.6) is 0 Å². The summed E-state index contributed by atoms with van der Waals surface area (Å²) in [5, 5.41) is 9.74. The number of carbonyl (C=O) groups excluding carboxylic acids is 2. The van der Waals surface area contributed by atoms with E-state index in [1.807, 2.05) is 0 Å². The Balaban J connectivity index is 1.71. The van der Waals surface area contributed by atoms with Gasteiger partial charge in [0.05, 0.1) is 28.8 Å². The highest BCUT2D eigenvalue weighted by atomic mass is 35.5. The van der Waals surface area contributed by atoms with E-state index in [1.54, 1.807) is 18.2 Å². The second-order valence-corrected chi connectivity index (χ2v) is 7.12. The monoisotopic (exact) mass is 373 g/mol. The normalized spacial score (nSPS) is 27.8. The number of aliphatic hydroxyl groups excluding tert-OH is 1. The van der Waals surface area contributed by atoms with Crippen LogP contribution < -0.4 is 14.7 Å². The third-order valence-corrected chi connectivity index (χ3v) is 5.60. The number of benzene rings is 1. The molecule has 130 valence electrons. The number of amides is 2. The number of aliphatic hydroxyl groups is 1. The topological polar surface area (TPSA) is 66.5 Å². The van der Waals surface area contributed by atoms with Crippen LogP contribution in [0.2, 0.25) is 10.0 Å². The zero-order valence-corrected chi connectivity index (χ0v) is 14.7. The van der Waals surface area contributed by atoms with Crippen LogP contribution in [0.1, 0.15) is 6.42 Å². The van der Waals surface area contributed by atoms with Crippen LogP contribution >= 0.6 is 23.2 Å². The van der Waals surface area contributed by atoms with E-state index >= 15 is 0 Å². The summed E-state index contributed by atoms with van der Waals surface area (Å²) in [4.78, 5) is 28.9. The highest BCUT2D eigenvalue weighted by Gasteiger charge is 2.46. The number of rotatable bonds is 4. The summed E-state index contributed by atoms with van der Waals surface area (Å²) in [6.07, 6.45) is 0.226. The van der Waals surface area contributed by atoms with E-state index in [-0.39, 0.29) is 30.9 Å². The van der Waals surface area contributed by atoms with E-state index in [4.69, 9.17) is 28.3 Å². The van der Waals surface area contributed by atoms with Gasteiger partial charge in [0.2, 0.25) is 5.91 Å². The van der Waals surface area contributed by atoms with Gasteiger partial charge in [-0.3, -0.25) is 9.59 Å². The highest BCUT2D eigenvalue weighted by molar-refractivity contribution is 6.42. The maximum absolute atomic E-state index is 12.8. The van der Waals surface area contributed by atoms with Gasteiger partial charge < -0.3 is 14.9 Å². The molecule has 2 saturated heterocycles. The molecular formula is C16H21Cl2N3O3+2. The molecule has 3 rings (SSSR count). The highest BCUT2D eigenvalue weighted by Crippen LogP contribution is 2.29. The van der Waals surface area contributed by atoms with Crippen LogP contribution in [0, 0.1) is 0 Å². The van der Waals surface area contributed by atoms with Gasteiger partial charge in [-0.1, -0.05) is 23.2 Å². The van der Waals surface area contributed by atoms with E-state index in [2.05, 4.69) is 0 Å². The average Bonchev–Trinajstić information content (AvgIpc) is 2.86. The minimum atomic E-state index is -0.331. The zero-order valence-electron chi connectivity index (χ0n) is 13.2. The quantitative estimate of drug-likeness (QED) is 0.557. The number of anilines is 1. The van der Waals surface area contributed by atoms with Gasteiger partial charge in [0.1, 0.15) is 32.7 Å². The van der Waals surface area contributed by atoms with Crippen molar-refractivity contribution in [2.75, 3.05) is 44.2 Å². The first-order valence-electron chi connectivity index (χ1n) is 8.12. The summed E-state index contributed by atoms with van der Waals surface area (Å²) >= 11 is 11.9. The lowest BCUT2D eigenvalue weighted by molar-refractivity contribution is -1.02. The molecule has 3 N–H and O–H groups in total. The molecule has 24 heavy (non-hydrogen) atoms. The van der Waals surface area contributed by atoms with Crippen molar-refractivity contribution < 1.29 is 24.5 Å². The molecule has 1 unspecified atom stereocenters. The van der Waals surface area contributed by atoms with Crippen LogP contribution in [0.4, 0.5) is 5.69 Å². The molecule has 0 bridgehead atoms. The van der Waals surface area contributed by atoms with Gasteiger partial charge in [-0.25, -0.2) is 4.90 Å². The standard InChI is InChI=1S/C16H19Cl2N3O3/c17-12-2-1-11(9-13(12)18)21-15(23)10-14(16(21)24)20-5-3-19(4-6-20)7-8-22/h1-2,9,14,22H,3-8,10H2/p+2. The third kappa shape index (κ3) is 3.43. The van der Waals surface area contributed by atoms with Gasteiger partial charge in [0.25, 0.3) is 5.91 Å². The second kappa shape index (κ2) is 7.37. The summed E-state index contributed by atoms with van der Waals surface area (Å²) in [5.41, 5.74) is 0.478. The molecule has 2 amide bonds. The van der Waals surface area contributed by atoms with E-state index < -0.39 is 0 Å². The van der Waals surface area contributed by atoms with E-state index in [1.165, 1.54) is 9.80 Å². The molecule has 8 heteroatoms. The van der Waals surface area contributed by atoms with Crippen molar-refractivity contribution >= 4 is 40.7 Å². The molecule has 0 saturated carbocycles. The van der Waals surface area contributed by atoms with Crippen molar-refractivity contribution in [3.8, 4) is 0 Å². The number of piperazine rings is 1. The average molecular weight is 374 g/mol. The van der Waals surface area contributed by atoms with Crippen molar-refractivity contribution in [3.63, 3.8) is 0 Å². The zero-order chi connectivity index (χ0) is 17.3. The Morgan fingerprint density at radius 2 is 1.83 bits per heavy atom. The molecule has 2 fully saturated rings. The summed E-state index contributed by atoms with van der Waals surface area (Å²) in [6, 6.07) is 4.46. The van der Waals surface area contributed by atoms with Crippen LogP contribution in [0.3, 0.4) is 0 Å². The van der Waals surface area contributed by atoms with Gasteiger partial charge in [-0.2, -0.15) is 0 Å². The molecule has 2 heterocycles. The predicted octanol–water partition coefficient (Wildman–Crippen LogP) is -1.60. The third-order valence-electron chi connectivity index (χ3n) is 4.87. The molecular weight excluding hydrogens is 353 g/mol. The SMILES string of the molecule is O=C1CC([NH+]2CC[NH+](CCO)CC2)C(=O)N1c1ccc(Cl)c(Cl)c1. The van der Waals surface area contributed by atoms with Gasteiger partial charge in [0, 0.05) is 0 Å². The van der Waals surface area contributed by atoms with Crippen LogP contribution in [-0.2, 0) is 9.59 Å². The molecule has 2 aliphatic heterocycles. The molecule has 0 aliphatic carbocycles. The van der Waals surface area contributed by atoms with Crippen LogP contribution in [-0.4, -0.2) is 62.3 Å². The Bertz CT molecular complexity index is 647. The number of nitrogens with one attached hydrogen (secondary N) is 2. The van der Waals surface area contributed by atoms with Crippen molar-refractivity contribution in [2.24, 2.45) is 0 Å². The Hall–Kier alpha value is -1.18. The summed E-state index contributed by atoms with van der Waals surface area (Å²) in [5.74, 6) is -0.361. The predicted molar refractivity (Wildman–Crippen MR) is 90.7 cm³/mol. The number of hydrogen-bond acceptors (Lipinski definition) is 3. The Kier molecular flexibility index (Phi) is 5.42. The maximum atomic E-state index is 12.8. The molecule has 1 aromatic rings. The first kappa shape index (κ1) is 17.6. The summed E-state index contributed by atoms with van der Waals surface area (Å²) in [7, 11) is 0. The fourth-order valence-electron chi connectivity index (χ4n) is 3.53. The summed E-state index contributed by atoms with van der Waals surface area (Å²) < 4.78 is 0. The smallest absolute Gasteiger partial charge is 0.292 e. The van der Waals surface area contributed by atoms with Crippen molar-refractivity contribution in [1.29, 1.82) is 0 Å². The number of imide groups is 1. The number of nitrogens with zero attached hydrogens (tertiary/aromatic N) is 1. The Morgan fingerprint density at radius 3 is 2.46 bits per heavy atom. The van der Waals surface area contributed by atoms with Gasteiger partial charge in [-0.05, 0) is 18.2 Å². The fourth-order valence-corrected chi connectivity index (χ4v) is 3.82. The lowest BCUT2D eigenvalue weighted by atomic mass is 10.1. The lowest BCUT2D eigenvalue weighted by Crippen LogP contribution is -3.30. The molecule has 0 spiro atoms. The minimum absolute atomic E-state index is 0.168. The molecule has 0 aromatic heterocycles. The molecule has 1 atom stereocenters. The number of carbonyl (C=O) groups is 2. The van der Waals surface area contributed by atoms with E-state index in [9.17, 15) is 9.59 Å². The fraction of sp³-hybridized carbons (Fsp3) is 0.500. The van der Waals surface area contributed by atoms with Gasteiger partial charge in [0.15, 0.2) is 6.04 Å². The Labute approximate surface area is 150 Å². The Morgan fingerprint density at radius 1 is 1.12 bits per heavy atom. The van der Waals surface area contributed by atoms with Crippen LogP contribution in [0.25, 0.3) is 0 Å².